The van der Waals surface area contributed by atoms with E-state index in [9.17, 15) is 4.79 Å². The number of piperidine rings is 1. The van der Waals surface area contributed by atoms with Crippen LogP contribution in [0.15, 0.2) is 48.7 Å². The molecule has 5 rings (SSSR count). The van der Waals surface area contributed by atoms with E-state index in [1.54, 1.807) is 0 Å². The van der Waals surface area contributed by atoms with Gasteiger partial charge in [0.05, 0.1) is 17.2 Å². The van der Waals surface area contributed by atoms with Gasteiger partial charge in [-0.3, -0.25) is 9.78 Å². The van der Waals surface area contributed by atoms with Crippen molar-refractivity contribution in [1.82, 2.24) is 14.9 Å². The van der Waals surface area contributed by atoms with E-state index >= 15 is 0 Å². The maximum Gasteiger partial charge on any atom is 0.251 e. The van der Waals surface area contributed by atoms with Crippen molar-refractivity contribution in [2.24, 2.45) is 0 Å². The molecule has 0 radical (unpaired) electrons. The lowest BCUT2D eigenvalue weighted by Gasteiger charge is -2.44. The number of para-hydroxylation sites is 2. The Hall–Kier alpha value is -2.99. The number of hydrogen-bond donors (Lipinski definition) is 0. The second-order valence-electron chi connectivity index (χ2n) is 8.35. The third-order valence-corrected chi connectivity index (χ3v) is 6.39. The van der Waals surface area contributed by atoms with Crippen molar-refractivity contribution in [2.75, 3.05) is 24.6 Å². The zero-order chi connectivity index (χ0) is 20.7. The van der Waals surface area contributed by atoms with Gasteiger partial charge < -0.3 is 14.5 Å². The molecule has 154 valence electrons. The molecule has 0 N–H and O–H groups in total. The van der Waals surface area contributed by atoms with Crippen LogP contribution in [0.4, 0.5) is 5.82 Å². The Balaban J connectivity index is 1.35. The normalized spacial score (nSPS) is 18.5. The molecule has 2 fully saturated rings. The van der Waals surface area contributed by atoms with Crippen LogP contribution in [0.1, 0.15) is 29.5 Å². The lowest BCUT2D eigenvalue weighted by atomic mass is 9.97. The smallest absolute Gasteiger partial charge is 0.251 e. The zero-order valence-electron chi connectivity index (χ0n) is 17.5. The summed E-state index contributed by atoms with van der Waals surface area (Å²) in [5.41, 5.74) is 4.89. The SMILES string of the molecule is Cc1ccc(C)c(CN2C(=O)COC23CCN(c2cnc4ccccc4n2)CC3)c1. The minimum atomic E-state index is -0.520. The monoisotopic (exact) mass is 402 g/mol. The van der Waals surface area contributed by atoms with E-state index in [1.807, 2.05) is 35.4 Å². The highest BCUT2D eigenvalue weighted by molar-refractivity contribution is 5.80. The van der Waals surface area contributed by atoms with Crippen LogP contribution in [0.3, 0.4) is 0 Å². The van der Waals surface area contributed by atoms with E-state index in [2.05, 4.69) is 41.9 Å². The molecule has 0 aliphatic carbocycles. The van der Waals surface area contributed by atoms with Gasteiger partial charge in [0, 0.05) is 32.5 Å². The molecule has 2 aliphatic heterocycles. The van der Waals surface area contributed by atoms with Gasteiger partial charge in [-0.25, -0.2) is 4.98 Å². The number of benzene rings is 2. The maximum absolute atomic E-state index is 12.7. The minimum Gasteiger partial charge on any atom is -0.355 e. The molecule has 6 nitrogen and oxygen atoms in total. The van der Waals surface area contributed by atoms with Gasteiger partial charge in [-0.1, -0.05) is 35.9 Å². The highest BCUT2D eigenvalue weighted by Crippen LogP contribution is 2.37. The van der Waals surface area contributed by atoms with Crippen LogP contribution in [-0.2, 0) is 16.1 Å². The fourth-order valence-corrected chi connectivity index (χ4v) is 4.55. The zero-order valence-corrected chi connectivity index (χ0v) is 17.5. The quantitative estimate of drug-likeness (QED) is 0.670. The lowest BCUT2D eigenvalue weighted by molar-refractivity contribution is -0.137. The highest BCUT2D eigenvalue weighted by Gasteiger charge is 2.48. The van der Waals surface area contributed by atoms with Crippen molar-refractivity contribution in [3.05, 3.63) is 65.4 Å². The van der Waals surface area contributed by atoms with Crippen molar-refractivity contribution < 1.29 is 9.53 Å². The van der Waals surface area contributed by atoms with Gasteiger partial charge in [0.1, 0.15) is 18.1 Å². The Bertz CT molecular complexity index is 1110. The Morgan fingerprint density at radius 3 is 2.63 bits per heavy atom. The molecule has 6 heteroatoms. The summed E-state index contributed by atoms with van der Waals surface area (Å²) in [5.74, 6) is 0.962. The average Bonchev–Trinajstić information content (AvgIpc) is 3.06. The van der Waals surface area contributed by atoms with E-state index in [4.69, 9.17) is 9.72 Å². The number of anilines is 1. The van der Waals surface area contributed by atoms with Gasteiger partial charge in [-0.15, -0.1) is 0 Å². The molecule has 1 amide bonds. The van der Waals surface area contributed by atoms with Gasteiger partial charge in [-0.05, 0) is 37.1 Å². The second-order valence-corrected chi connectivity index (χ2v) is 8.35. The fraction of sp³-hybridized carbons (Fsp3) is 0.375. The van der Waals surface area contributed by atoms with Crippen LogP contribution in [0.25, 0.3) is 11.0 Å². The first kappa shape index (κ1) is 19.0. The van der Waals surface area contributed by atoms with Crippen LogP contribution in [0, 0.1) is 13.8 Å². The number of rotatable bonds is 3. The summed E-state index contributed by atoms with van der Waals surface area (Å²) in [7, 11) is 0. The first-order valence-electron chi connectivity index (χ1n) is 10.5. The van der Waals surface area contributed by atoms with Gasteiger partial charge >= 0.3 is 0 Å². The summed E-state index contributed by atoms with van der Waals surface area (Å²) in [6.07, 6.45) is 3.37. The van der Waals surface area contributed by atoms with Gasteiger partial charge in [-0.2, -0.15) is 0 Å². The minimum absolute atomic E-state index is 0.0786. The molecule has 1 aromatic heterocycles. The number of carbonyl (C=O) groups excluding carboxylic acids is 1. The van der Waals surface area contributed by atoms with Crippen LogP contribution in [-0.4, -0.2) is 46.2 Å². The predicted octanol–water partition coefficient (Wildman–Crippen LogP) is 3.60. The molecule has 3 heterocycles. The van der Waals surface area contributed by atoms with Crippen LogP contribution in [0.2, 0.25) is 0 Å². The van der Waals surface area contributed by atoms with Gasteiger partial charge in [0.25, 0.3) is 5.91 Å². The lowest BCUT2D eigenvalue weighted by Crippen LogP contribution is -2.54. The van der Waals surface area contributed by atoms with Crippen molar-refractivity contribution in [1.29, 1.82) is 0 Å². The second kappa shape index (κ2) is 7.36. The maximum atomic E-state index is 12.7. The van der Waals surface area contributed by atoms with Crippen molar-refractivity contribution in [3.8, 4) is 0 Å². The summed E-state index contributed by atoms with van der Waals surface area (Å²) in [6, 6.07) is 14.3. The number of carbonyl (C=O) groups is 1. The van der Waals surface area contributed by atoms with E-state index in [0.29, 0.717) is 6.54 Å². The molecule has 1 spiro atoms. The molecule has 30 heavy (non-hydrogen) atoms. The van der Waals surface area contributed by atoms with Crippen LogP contribution < -0.4 is 4.90 Å². The largest absolute Gasteiger partial charge is 0.355 e. The van der Waals surface area contributed by atoms with Crippen LogP contribution in [0.5, 0.6) is 0 Å². The topological polar surface area (TPSA) is 58.6 Å². The summed E-state index contributed by atoms with van der Waals surface area (Å²) in [4.78, 5) is 26.2. The number of ether oxygens (including phenoxy) is 1. The molecular formula is C24H26N4O2. The number of aromatic nitrogens is 2. The Morgan fingerprint density at radius 2 is 1.83 bits per heavy atom. The number of fused-ring (bicyclic) bond motifs is 1. The van der Waals surface area contributed by atoms with Crippen molar-refractivity contribution in [3.63, 3.8) is 0 Å². The third-order valence-electron chi connectivity index (χ3n) is 6.39. The Morgan fingerprint density at radius 1 is 1.07 bits per heavy atom. The molecule has 2 aliphatic rings. The third kappa shape index (κ3) is 3.31. The molecular weight excluding hydrogens is 376 g/mol. The average molecular weight is 402 g/mol. The van der Waals surface area contributed by atoms with E-state index in [0.717, 1.165) is 42.8 Å². The van der Waals surface area contributed by atoms with E-state index < -0.39 is 5.72 Å². The van der Waals surface area contributed by atoms with Crippen molar-refractivity contribution >= 4 is 22.8 Å². The van der Waals surface area contributed by atoms with E-state index in [1.165, 1.54) is 16.7 Å². The first-order valence-corrected chi connectivity index (χ1v) is 10.5. The highest BCUT2D eigenvalue weighted by atomic mass is 16.5. The molecule has 2 saturated heterocycles. The standard InChI is InChI=1S/C24H26N4O2/c1-17-7-8-18(2)19(13-17)15-28-23(29)16-30-24(28)9-11-27(12-10-24)22-14-25-20-5-3-4-6-21(20)26-22/h3-8,13-14H,9-12,15-16H2,1-2H3. The Kier molecular flexibility index (Phi) is 4.66. The summed E-state index contributed by atoms with van der Waals surface area (Å²) in [6.45, 7) is 6.52. The van der Waals surface area contributed by atoms with E-state index in [-0.39, 0.29) is 12.5 Å². The number of aryl methyl sites for hydroxylation is 2. The fourth-order valence-electron chi connectivity index (χ4n) is 4.55. The Labute approximate surface area is 176 Å². The molecule has 0 saturated carbocycles. The van der Waals surface area contributed by atoms with Gasteiger partial charge in [0.15, 0.2) is 0 Å². The molecule has 3 aromatic rings. The molecule has 0 unspecified atom stereocenters. The van der Waals surface area contributed by atoms with Crippen molar-refractivity contribution in [2.45, 2.75) is 39.0 Å². The molecule has 2 aromatic carbocycles. The number of nitrogens with zero attached hydrogens (tertiary/aromatic N) is 4. The molecule has 0 bridgehead atoms. The number of amides is 1. The summed E-state index contributed by atoms with van der Waals surface area (Å²) >= 11 is 0. The van der Waals surface area contributed by atoms with Gasteiger partial charge in [0.2, 0.25) is 0 Å². The summed E-state index contributed by atoms with van der Waals surface area (Å²) in [5, 5.41) is 0. The van der Waals surface area contributed by atoms with Crippen LogP contribution >= 0.6 is 0 Å². The summed E-state index contributed by atoms with van der Waals surface area (Å²) < 4.78 is 6.12. The first-order chi connectivity index (χ1) is 14.5. The number of hydrogen-bond acceptors (Lipinski definition) is 5. The molecule has 0 atom stereocenters. The predicted molar refractivity (Wildman–Crippen MR) is 116 cm³/mol.